The molecule has 5 rings (SSSR count). The summed E-state index contributed by atoms with van der Waals surface area (Å²) in [6, 6.07) is 6.58. The van der Waals surface area contributed by atoms with Gasteiger partial charge in [-0.2, -0.15) is 10.6 Å². The average molecular weight is 522 g/mol. The maximum Gasteiger partial charge on any atom is 0.190 e. The smallest absolute Gasteiger partial charge is 0.190 e. The molecule has 0 fully saturated rings. The number of hydrogen-bond acceptors (Lipinski definition) is 8. The quantitative estimate of drug-likeness (QED) is 0.400. The second kappa shape index (κ2) is 11.4. The number of fused-ring (bicyclic) bond motifs is 1. The molecule has 0 saturated carbocycles. The average Bonchev–Trinajstić information content (AvgIpc) is 3.51. The molecule has 1 aliphatic heterocycles. The van der Waals surface area contributed by atoms with E-state index in [1.807, 2.05) is 51.6 Å². The Morgan fingerprint density at radius 3 is 2.58 bits per heavy atom. The van der Waals surface area contributed by atoms with Crippen LogP contribution in [0.15, 0.2) is 59.2 Å². The highest BCUT2D eigenvalue weighted by Gasteiger charge is 2.22. The summed E-state index contributed by atoms with van der Waals surface area (Å²) in [5.74, 6) is 0.650. The van der Waals surface area contributed by atoms with Crippen LogP contribution in [0, 0.1) is 5.82 Å². The fourth-order valence-corrected chi connectivity index (χ4v) is 4.07. The summed E-state index contributed by atoms with van der Waals surface area (Å²) >= 11 is 0. The van der Waals surface area contributed by atoms with Gasteiger partial charge >= 0.3 is 0 Å². The third-order valence-corrected chi connectivity index (χ3v) is 6.08. The van der Waals surface area contributed by atoms with Gasteiger partial charge in [0.25, 0.3) is 0 Å². The molecule has 1 N–H and O–H groups in total. The maximum absolute atomic E-state index is 15.2. The van der Waals surface area contributed by atoms with Crippen molar-refractivity contribution in [3.63, 3.8) is 0 Å². The van der Waals surface area contributed by atoms with Crippen LogP contribution in [0.5, 0.6) is 11.5 Å². The first-order valence-electron chi connectivity index (χ1n) is 12.3. The van der Waals surface area contributed by atoms with Gasteiger partial charge in [0.05, 0.1) is 44.9 Å². The number of benzene rings is 1. The van der Waals surface area contributed by atoms with Crippen LogP contribution in [0.1, 0.15) is 27.7 Å². The van der Waals surface area contributed by atoms with Crippen LogP contribution < -0.4 is 20.4 Å². The van der Waals surface area contributed by atoms with Crippen molar-refractivity contribution in [3.8, 4) is 22.8 Å². The lowest BCUT2D eigenvalue weighted by Crippen LogP contribution is -2.27. The van der Waals surface area contributed by atoms with E-state index in [0.29, 0.717) is 34.6 Å². The van der Waals surface area contributed by atoms with Crippen LogP contribution in [-0.4, -0.2) is 44.6 Å². The van der Waals surface area contributed by atoms with E-state index in [1.165, 1.54) is 26.4 Å². The molecule has 1 atom stereocenters. The van der Waals surface area contributed by atoms with E-state index in [9.17, 15) is 0 Å². The molecule has 10 nitrogen and oxygen atoms in total. The summed E-state index contributed by atoms with van der Waals surface area (Å²) in [5.41, 5.74) is 7.31. The fourth-order valence-electron chi connectivity index (χ4n) is 4.07. The zero-order valence-corrected chi connectivity index (χ0v) is 22.6. The van der Waals surface area contributed by atoms with Crippen molar-refractivity contribution in [2.75, 3.05) is 14.2 Å². The first-order chi connectivity index (χ1) is 18.4. The number of nitrogens with zero attached hydrogens (tertiary/aromatic N) is 6. The molecule has 0 saturated heterocycles. The Hall–Kier alpha value is -4.25. The molecule has 0 amide bonds. The van der Waals surface area contributed by atoms with E-state index in [1.54, 1.807) is 23.1 Å². The van der Waals surface area contributed by atoms with Gasteiger partial charge in [0, 0.05) is 36.5 Å². The Labute approximate surface area is 220 Å². The second-order valence-electron chi connectivity index (χ2n) is 8.44. The molecule has 1 unspecified atom stereocenters. The van der Waals surface area contributed by atoms with Crippen LogP contribution in [-0.2, 0) is 18.4 Å². The summed E-state index contributed by atoms with van der Waals surface area (Å²) in [4.78, 5) is 19.7. The third kappa shape index (κ3) is 5.23. The molecule has 200 valence electrons. The number of aryl methyl sites for hydroxylation is 1. The van der Waals surface area contributed by atoms with Gasteiger partial charge in [0.15, 0.2) is 17.2 Å². The summed E-state index contributed by atoms with van der Waals surface area (Å²) < 4.78 is 29.3. The number of hydroxylamine groups is 1. The van der Waals surface area contributed by atoms with Gasteiger partial charge in [0.2, 0.25) is 0 Å². The van der Waals surface area contributed by atoms with Crippen molar-refractivity contribution in [1.29, 1.82) is 0 Å². The standard InChI is InChI=1S/C25H26FN7O3.C2H6/c1-14-18(15(2)36-31-14)13-33-23(29-20-8-17(34-4)9-22(35-5)24(20)26)7-6-19-25(33)30-21(11-27-19)16-10-28-32(3)12-16;1-2/h6-12,14,31H,13H2,1-5H3;1-2H3. The lowest BCUT2D eigenvalue weighted by Gasteiger charge is -2.15. The van der Waals surface area contributed by atoms with Gasteiger partial charge < -0.3 is 18.9 Å². The van der Waals surface area contributed by atoms with Gasteiger partial charge in [-0.1, -0.05) is 13.8 Å². The second-order valence-corrected chi connectivity index (χ2v) is 8.44. The lowest BCUT2D eigenvalue weighted by atomic mass is 10.1. The Balaban J connectivity index is 0.00000164. The normalized spacial score (nSPS) is 15.4. The highest BCUT2D eigenvalue weighted by molar-refractivity contribution is 5.73. The van der Waals surface area contributed by atoms with Crippen molar-refractivity contribution >= 4 is 16.9 Å². The zero-order chi connectivity index (χ0) is 27.4. The van der Waals surface area contributed by atoms with Crippen molar-refractivity contribution in [2.24, 2.45) is 12.0 Å². The summed E-state index contributed by atoms with van der Waals surface area (Å²) in [6.07, 6.45) is 5.31. The fraction of sp³-hybridized carbons (Fsp3) is 0.333. The molecule has 3 aromatic heterocycles. The van der Waals surface area contributed by atoms with Crippen LogP contribution in [0.25, 0.3) is 22.4 Å². The molecule has 0 radical (unpaired) electrons. The number of pyridine rings is 1. The van der Waals surface area contributed by atoms with Crippen LogP contribution in [0.4, 0.5) is 10.1 Å². The van der Waals surface area contributed by atoms with Crippen molar-refractivity contribution in [3.05, 3.63) is 65.5 Å². The van der Waals surface area contributed by atoms with Crippen LogP contribution in [0.2, 0.25) is 0 Å². The van der Waals surface area contributed by atoms with E-state index in [-0.39, 0.29) is 17.5 Å². The number of ether oxygens (including phenoxy) is 2. The van der Waals surface area contributed by atoms with Crippen LogP contribution in [0.3, 0.4) is 0 Å². The summed E-state index contributed by atoms with van der Waals surface area (Å²) in [7, 11) is 4.75. The minimum Gasteiger partial charge on any atom is -0.497 e. The molecule has 0 aliphatic carbocycles. The number of halogens is 1. The number of methoxy groups -OCH3 is 2. The number of rotatable bonds is 6. The van der Waals surface area contributed by atoms with Gasteiger partial charge in [-0.15, -0.1) is 0 Å². The predicted octanol–water partition coefficient (Wildman–Crippen LogP) is 4.44. The summed E-state index contributed by atoms with van der Waals surface area (Å²) in [5, 5.41) is 4.24. The largest absolute Gasteiger partial charge is 0.497 e. The van der Waals surface area contributed by atoms with E-state index in [2.05, 4.69) is 20.6 Å². The van der Waals surface area contributed by atoms with E-state index >= 15 is 4.39 Å². The number of hydrogen-bond donors (Lipinski definition) is 1. The summed E-state index contributed by atoms with van der Waals surface area (Å²) in [6.45, 7) is 8.31. The molecule has 1 aliphatic rings. The molecular weight excluding hydrogens is 489 g/mol. The predicted molar refractivity (Wildman–Crippen MR) is 142 cm³/mol. The van der Waals surface area contributed by atoms with Crippen molar-refractivity contribution in [1.82, 2.24) is 29.8 Å². The molecule has 0 bridgehead atoms. The number of nitrogens with one attached hydrogen (secondary N) is 1. The SMILES string of the molecule is CC.COc1cc(N=c2ccc3ncc(-c4cnn(C)c4)nc3n2CC2=C(C)ONC2C)c(F)c(OC)c1. The molecule has 38 heavy (non-hydrogen) atoms. The highest BCUT2D eigenvalue weighted by Crippen LogP contribution is 2.32. The molecule has 4 aromatic rings. The Kier molecular flexibility index (Phi) is 8.06. The monoisotopic (exact) mass is 521 g/mol. The van der Waals surface area contributed by atoms with Gasteiger partial charge in [0.1, 0.15) is 28.2 Å². The molecule has 11 heteroatoms. The molecule has 0 spiro atoms. The van der Waals surface area contributed by atoms with Crippen molar-refractivity contribution < 1.29 is 18.7 Å². The van der Waals surface area contributed by atoms with Crippen LogP contribution >= 0.6 is 0 Å². The van der Waals surface area contributed by atoms with Gasteiger partial charge in [-0.25, -0.2) is 14.4 Å². The zero-order valence-electron chi connectivity index (χ0n) is 22.6. The Morgan fingerprint density at radius 2 is 1.95 bits per heavy atom. The minimum absolute atomic E-state index is 0.0243. The van der Waals surface area contributed by atoms with Gasteiger partial charge in [-0.3, -0.25) is 9.67 Å². The third-order valence-electron chi connectivity index (χ3n) is 6.08. The van der Waals surface area contributed by atoms with E-state index in [4.69, 9.17) is 19.3 Å². The van der Waals surface area contributed by atoms with E-state index < -0.39 is 5.82 Å². The Bertz CT molecular complexity index is 1560. The minimum atomic E-state index is -0.588. The topological polar surface area (TPSA) is 101 Å². The van der Waals surface area contributed by atoms with Crippen molar-refractivity contribution in [2.45, 2.75) is 40.3 Å². The number of allylic oxidation sites excluding steroid dienone is 1. The molecule has 1 aromatic carbocycles. The van der Waals surface area contributed by atoms with Gasteiger partial charge in [-0.05, 0) is 26.0 Å². The first kappa shape index (κ1) is 26.8. The maximum atomic E-state index is 15.2. The first-order valence-corrected chi connectivity index (χ1v) is 12.3. The Morgan fingerprint density at radius 1 is 1.16 bits per heavy atom. The number of aromatic nitrogens is 5. The lowest BCUT2D eigenvalue weighted by molar-refractivity contribution is 0.121. The van der Waals surface area contributed by atoms with E-state index in [0.717, 1.165) is 16.9 Å². The molecule has 4 heterocycles. The molecular formula is C27H32FN7O3. The highest BCUT2D eigenvalue weighted by atomic mass is 19.1.